The Morgan fingerprint density at radius 3 is 2.31 bits per heavy atom. The van der Waals surface area contributed by atoms with Crippen molar-refractivity contribution in [2.75, 3.05) is 93.2 Å². The van der Waals surface area contributed by atoms with Crippen LogP contribution in [0.15, 0.2) is 42.6 Å². The number of fused-ring (bicyclic) bond motifs is 1. The van der Waals surface area contributed by atoms with Crippen LogP contribution in [0.1, 0.15) is 72.1 Å². The number of nitrogens with one attached hydrogen (secondary N) is 3. The summed E-state index contributed by atoms with van der Waals surface area (Å²) in [6.07, 6.45) is 6.75. The molecule has 0 spiro atoms. The number of methoxy groups -OCH3 is 1. The van der Waals surface area contributed by atoms with Gasteiger partial charge in [0, 0.05) is 83.5 Å². The molecule has 5 aliphatic rings. The van der Waals surface area contributed by atoms with Gasteiger partial charge in [-0.25, -0.2) is 14.4 Å². The number of benzene rings is 2. The van der Waals surface area contributed by atoms with Gasteiger partial charge < -0.3 is 29.7 Å². The molecule has 4 aliphatic heterocycles. The highest BCUT2D eigenvalue weighted by Gasteiger charge is 2.49. The highest BCUT2D eigenvalue weighted by Crippen LogP contribution is 2.41. The van der Waals surface area contributed by atoms with Crippen LogP contribution in [0.4, 0.5) is 42.0 Å². The molecule has 5 amide bonds. The van der Waals surface area contributed by atoms with E-state index in [1.165, 1.54) is 26.4 Å². The van der Waals surface area contributed by atoms with E-state index < -0.39 is 42.0 Å². The van der Waals surface area contributed by atoms with E-state index in [0.29, 0.717) is 54.8 Å². The van der Waals surface area contributed by atoms with E-state index in [9.17, 15) is 24.0 Å². The van der Waals surface area contributed by atoms with Crippen LogP contribution in [0, 0.1) is 11.7 Å². The normalized spacial score (nSPS) is 21.3. The van der Waals surface area contributed by atoms with Gasteiger partial charge in [-0.2, -0.15) is 13.8 Å². The first-order valence-electron chi connectivity index (χ1n) is 21.9. The Bertz CT molecular complexity index is 2280. The summed E-state index contributed by atoms with van der Waals surface area (Å²) in [4.78, 5) is 80.1. The molecule has 8 rings (SSSR count). The summed E-state index contributed by atoms with van der Waals surface area (Å²) < 4.78 is 51.2. The first-order chi connectivity index (χ1) is 30.7. The van der Waals surface area contributed by atoms with Gasteiger partial charge in [0.25, 0.3) is 17.7 Å². The number of hydrogen-bond donors (Lipinski definition) is 3. The summed E-state index contributed by atoms with van der Waals surface area (Å²) in [5.41, 5.74) is 4.69. The van der Waals surface area contributed by atoms with Crippen molar-refractivity contribution in [1.29, 1.82) is 0 Å². The van der Waals surface area contributed by atoms with Crippen molar-refractivity contribution in [3.05, 3.63) is 59.5 Å². The van der Waals surface area contributed by atoms with E-state index in [0.717, 1.165) is 63.1 Å². The third-order valence-corrected chi connectivity index (χ3v) is 13.1. The van der Waals surface area contributed by atoms with Gasteiger partial charge in [0.1, 0.15) is 23.3 Å². The number of anilines is 5. The topological polar surface area (TPSA) is 176 Å². The van der Waals surface area contributed by atoms with Crippen molar-refractivity contribution in [2.24, 2.45) is 5.92 Å². The van der Waals surface area contributed by atoms with Crippen molar-refractivity contribution >= 4 is 58.4 Å². The molecule has 0 radical (unpaired) electrons. The van der Waals surface area contributed by atoms with Gasteiger partial charge in [-0.1, -0.05) is 12.8 Å². The average Bonchev–Trinajstić information content (AvgIpc) is 3.82. The van der Waals surface area contributed by atoms with E-state index in [1.54, 1.807) is 47.2 Å². The molecule has 20 heteroatoms. The fourth-order valence-corrected chi connectivity index (χ4v) is 9.35. The molecule has 1 aromatic heterocycles. The third-order valence-electron chi connectivity index (χ3n) is 13.1. The van der Waals surface area contributed by atoms with Crippen LogP contribution in [0.5, 0.6) is 5.75 Å². The number of imide groups is 1. The molecule has 3 aromatic rings. The summed E-state index contributed by atoms with van der Waals surface area (Å²) in [7, 11) is 4.53. The quantitative estimate of drug-likeness (QED) is 0.239. The number of rotatable bonds is 11. The fraction of sp³-hybridized carbons (Fsp3) is 0.523. The van der Waals surface area contributed by atoms with E-state index in [-0.39, 0.29) is 53.7 Å². The zero-order valence-corrected chi connectivity index (χ0v) is 36.2. The number of piperidine rings is 2. The summed E-state index contributed by atoms with van der Waals surface area (Å²) >= 11 is 0. The number of aromatic nitrogens is 2. The maximum atomic E-state index is 15.3. The molecule has 4 fully saturated rings. The standard InChI is InChI=1S/C44H54F3N11O6/c1-53-35-24-48-43(51-38(35)58(30-6-4-5-7-30)26-44(46,47)42(53)63)54(2)34-12-9-29(23-36(34)64-3)40(61)52-57-16-14-27(15-17-57)25-55-18-20-56(21-19-55)33-11-8-28(22-31(33)45)39(60)49-32-10-13-37(59)50-41(32)62/h8-9,11-12,22-24,27,30,32H,4-7,10,13-21,25-26H2,1-3H3,(H,49,60)(H,52,61)(H,50,59,62). The number of carbonyl (C=O) groups excluding carboxylic acids is 5. The molecule has 1 aliphatic carbocycles. The second kappa shape index (κ2) is 18.6. The minimum Gasteiger partial charge on any atom is -0.495 e. The molecule has 1 saturated carbocycles. The highest BCUT2D eigenvalue weighted by molar-refractivity contribution is 6.04. The molecule has 5 heterocycles. The van der Waals surface area contributed by atoms with Gasteiger partial charge in [-0.15, -0.1) is 0 Å². The number of carbonyl (C=O) groups is 5. The molecule has 2 aromatic carbocycles. The van der Waals surface area contributed by atoms with Crippen LogP contribution < -0.4 is 40.4 Å². The Hall–Kier alpha value is -6.02. The van der Waals surface area contributed by atoms with Crippen LogP contribution in [0.2, 0.25) is 0 Å². The lowest BCUT2D eigenvalue weighted by molar-refractivity contribution is -0.140. The Labute approximate surface area is 369 Å². The van der Waals surface area contributed by atoms with Gasteiger partial charge in [-0.05, 0) is 74.4 Å². The Balaban J connectivity index is 0.819. The summed E-state index contributed by atoms with van der Waals surface area (Å²) in [5, 5.41) is 6.70. The van der Waals surface area contributed by atoms with E-state index >= 15 is 13.2 Å². The third kappa shape index (κ3) is 9.43. The van der Waals surface area contributed by atoms with Crippen LogP contribution in [0.3, 0.4) is 0 Å². The van der Waals surface area contributed by atoms with Crippen molar-refractivity contribution in [1.82, 2.24) is 35.9 Å². The van der Waals surface area contributed by atoms with Crippen molar-refractivity contribution in [2.45, 2.75) is 69.4 Å². The number of hydrazine groups is 1. The summed E-state index contributed by atoms with van der Waals surface area (Å²) in [6.45, 7) is 4.19. The first-order valence-corrected chi connectivity index (χ1v) is 21.9. The van der Waals surface area contributed by atoms with E-state index in [4.69, 9.17) is 9.72 Å². The maximum Gasteiger partial charge on any atom is 0.342 e. The Kier molecular flexibility index (Phi) is 13.0. The number of amides is 5. The second-order valence-corrected chi connectivity index (χ2v) is 17.3. The molecule has 342 valence electrons. The molecule has 1 unspecified atom stereocenters. The van der Waals surface area contributed by atoms with Crippen LogP contribution in [0.25, 0.3) is 0 Å². The zero-order chi connectivity index (χ0) is 45.3. The fourth-order valence-electron chi connectivity index (χ4n) is 9.35. The summed E-state index contributed by atoms with van der Waals surface area (Å²) in [5.74, 6) is -5.94. The number of hydrogen-bond acceptors (Lipinski definition) is 13. The molecule has 3 N–H and O–H groups in total. The van der Waals surface area contributed by atoms with Crippen molar-refractivity contribution in [3.8, 4) is 5.75 Å². The van der Waals surface area contributed by atoms with Gasteiger partial charge in [-0.3, -0.25) is 39.6 Å². The van der Waals surface area contributed by atoms with Crippen LogP contribution in [-0.4, -0.2) is 141 Å². The largest absolute Gasteiger partial charge is 0.495 e. The monoisotopic (exact) mass is 889 g/mol. The molecule has 0 bridgehead atoms. The Morgan fingerprint density at radius 1 is 0.922 bits per heavy atom. The number of nitrogens with zero attached hydrogens (tertiary/aromatic N) is 8. The van der Waals surface area contributed by atoms with Gasteiger partial charge in [0.15, 0.2) is 5.82 Å². The number of halogens is 3. The smallest absolute Gasteiger partial charge is 0.342 e. The zero-order valence-electron chi connectivity index (χ0n) is 36.2. The predicted molar refractivity (Wildman–Crippen MR) is 232 cm³/mol. The van der Waals surface area contributed by atoms with E-state index in [2.05, 4.69) is 25.9 Å². The van der Waals surface area contributed by atoms with Crippen molar-refractivity contribution < 1.29 is 41.9 Å². The highest BCUT2D eigenvalue weighted by atomic mass is 19.3. The summed E-state index contributed by atoms with van der Waals surface area (Å²) in [6, 6.07) is 8.33. The minimum absolute atomic E-state index is 0.0995. The number of ether oxygens (including phenoxy) is 1. The van der Waals surface area contributed by atoms with E-state index in [1.807, 2.05) is 9.91 Å². The average molecular weight is 890 g/mol. The van der Waals surface area contributed by atoms with Gasteiger partial charge >= 0.3 is 5.92 Å². The Morgan fingerprint density at radius 2 is 1.62 bits per heavy atom. The SMILES string of the molecule is COc1cc(C(=O)NN2CCC(CN3CCN(c4ccc(C(=O)NC5CCC(=O)NC5=O)cc4F)CC3)CC2)ccc1N(C)c1ncc2c(n1)N(C1CCCC1)CC(F)(F)C(=O)N2C. The predicted octanol–water partition coefficient (Wildman–Crippen LogP) is 3.47. The lowest BCUT2D eigenvalue weighted by Crippen LogP contribution is -2.52. The molecular weight excluding hydrogens is 836 g/mol. The number of piperazine rings is 1. The minimum atomic E-state index is -3.59. The van der Waals surface area contributed by atoms with Gasteiger partial charge in [0.2, 0.25) is 17.8 Å². The molecule has 1 atom stereocenters. The van der Waals surface area contributed by atoms with Gasteiger partial charge in [0.05, 0.1) is 31.2 Å². The molecule has 17 nitrogen and oxygen atoms in total. The van der Waals surface area contributed by atoms with Crippen molar-refractivity contribution in [3.63, 3.8) is 0 Å². The van der Waals surface area contributed by atoms with Crippen LogP contribution >= 0.6 is 0 Å². The van der Waals surface area contributed by atoms with Crippen LogP contribution in [-0.2, 0) is 14.4 Å². The molecule has 3 saturated heterocycles. The lowest BCUT2D eigenvalue weighted by atomic mass is 9.96. The molecular formula is C44H54F3N11O6. The number of alkyl halides is 2. The maximum absolute atomic E-state index is 15.3. The lowest BCUT2D eigenvalue weighted by Gasteiger charge is -2.39. The molecule has 64 heavy (non-hydrogen) atoms. The first kappa shape index (κ1) is 44.6. The second-order valence-electron chi connectivity index (χ2n) is 17.3.